The first-order chi connectivity index (χ1) is 11.1. The maximum Gasteiger partial charge on any atom is 0.227 e. The monoisotopic (exact) mass is 318 g/mol. The van der Waals surface area contributed by atoms with Gasteiger partial charge in [0.1, 0.15) is 5.82 Å². The van der Waals surface area contributed by atoms with Gasteiger partial charge in [-0.05, 0) is 43.2 Å². The minimum absolute atomic E-state index is 0.0558. The molecular weight excluding hydrogens is 295 g/mol. The average molecular weight is 318 g/mol. The van der Waals surface area contributed by atoms with Gasteiger partial charge in [-0.15, -0.1) is 0 Å². The standard InChI is InChI=1S/C18H23FN2O2/c19-16-6-2-1-4-14(16)10-17(22)21-9-3-5-15(12-21)18(23)20-11-13-7-8-13/h1-2,4,6,13,15H,3,5,7-12H2,(H,20,23). The lowest BCUT2D eigenvalue weighted by Crippen LogP contribution is -2.46. The maximum atomic E-state index is 13.7. The fourth-order valence-electron chi connectivity index (χ4n) is 3.05. The van der Waals surface area contributed by atoms with Crippen LogP contribution in [0.4, 0.5) is 4.39 Å². The molecule has 1 aliphatic heterocycles. The quantitative estimate of drug-likeness (QED) is 0.904. The fourth-order valence-corrected chi connectivity index (χ4v) is 3.05. The van der Waals surface area contributed by atoms with E-state index in [0.29, 0.717) is 24.6 Å². The molecule has 4 nitrogen and oxygen atoms in total. The predicted molar refractivity (Wildman–Crippen MR) is 85.1 cm³/mol. The van der Waals surface area contributed by atoms with Gasteiger partial charge in [-0.2, -0.15) is 0 Å². The molecule has 2 amide bonds. The van der Waals surface area contributed by atoms with E-state index in [1.165, 1.54) is 18.9 Å². The third-order valence-electron chi connectivity index (χ3n) is 4.71. The van der Waals surface area contributed by atoms with Crippen LogP contribution < -0.4 is 5.32 Å². The maximum absolute atomic E-state index is 13.7. The second-order valence-corrected chi connectivity index (χ2v) is 6.64. The summed E-state index contributed by atoms with van der Waals surface area (Å²) in [5.41, 5.74) is 0.415. The normalized spacial score (nSPS) is 21.1. The smallest absolute Gasteiger partial charge is 0.227 e. The van der Waals surface area contributed by atoms with Gasteiger partial charge in [-0.1, -0.05) is 18.2 Å². The second-order valence-electron chi connectivity index (χ2n) is 6.64. The van der Waals surface area contributed by atoms with Crippen LogP contribution in [0.1, 0.15) is 31.2 Å². The summed E-state index contributed by atoms with van der Waals surface area (Å²) < 4.78 is 13.7. The van der Waals surface area contributed by atoms with Gasteiger partial charge < -0.3 is 10.2 Å². The minimum atomic E-state index is -0.350. The molecule has 124 valence electrons. The Hall–Kier alpha value is -1.91. The molecule has 3 rings (SSSR count). The van der Waals surface area contributed by atoms with E-state index in [2.05, 4.69) is 5.32 Å². The van der Waals surface area contributed by atoms with E-state index in [1.54, 1.807) is 23.1 Å². The van der Waals surface area contributed by atoms with Crippen molar-refractivity contribution in [2.24, 2.45) is 11.8 Å². The molecule has 1 aromatic carbocycles. The number of hydrogen-bond donors (Lipinski definition) is 1. The number of rotatable bonds is 5. The van der Waals surface area contributed by atoms with Crippen LogP contribution in [0.2, 0.25) is 0 Å². The molecule has 1 unspecified atom stereocenters. The summed E-state index contributed by atoms with van der Waals surface area (Å²) in [6.45, 7) is 1.86. The largest absolute Gasteiger partial charge is 0.356 e. The van der Waals surface area contributed by atoms with Gasteiger partial charge in [-0.25, -0.2) is 4.39 Å². The predicted octanol–water partition coefficient (Wildman–Crippen LogP) is 2.13. The number of nitrogens with zero attached hydrogens (tertiary/aromatic N) is 1. The van der Waals surface area contributed by atoms with Gasteiger partial charge >= 0.3 is 0 Å². The van der Waals surface area contributed by atoms with E-state index in [4.69, 9.17) is 0 Å². The lowest BCUT2D eigenvalue weighted by molar-refractivity contribution is -0.135. The number of hydrogen-bond acceptors (Lipinski definition) is 2. The van der Waals surface area contributed by atoms with Crippen molar-refractivity contribution in [2.75, 3.05) is 19.6 Å². The zero-order chi connectivity index (χ0) is 16.2. The zero-order valence-corrected chi connectivity index (χ0v) is 13.3. The number of carbonyl (C=O) groups excluding carboxylic acids is 2. The van der Waals surface area contributed by atoms with Crippen molar-refractivity contribution in [3.63, 3.8) is 0 Å². The van der Waals surface area contributed by atoms with Crippen molar-refractivity contribution in [1.82, 2.24) is 10.2 Å². The molecule has 23 heavy (non-hydrogen) atoms. The number of nitrogens with one attached hydrogen (secondary N) is 1. The van der Waals surface area contributed by atoms with Crippen molar-refractivity contribution in [1.29, 1.82) is 0 Å². The zero-order valence-electron chi connectivity index (χ0n) is 13.3. The molecule has 0 aromatic heterocycles. The molecule has 1 N–H and O–H groups in total. The second kappa shape index (κ2) is 7.11. The Kier molecular flexibility index (Phi) is 4.94. The number of piperidine rings is 1. The average Bonchev–Trinajstić information content (AvgIpc) is 3.39. The molecule has 1 aromatic rings. The van der Waals surface area contributed by atoms with Crippen LogP contribution in [-0.4, -0.2) is 36.3 Å². The first-order valence-corrected chi connectivity index (χ1v) is 8.42. The van der Waals surface area contributed by atoms with Crippen LogP contribution in [0, 0.1) is 17.7 Å². The van der Waals surface area contributed by atoms with E-state index in [9.17, 15) is 14.0 Å². The summed E-state index contributed by atoms with van der Waals surface area (Å²) in [7, 11) is 0. The van der Waals surface area contributed by atoms with Gasteiger partial charge in [0, 0.05) is 19.6 Å². The molecule has 1 heterocycles. The van der Waals surface area contributed by atoms with E-state index in [1.807, 2.05) is 0 Å². The van der Waals surface area contributed by atoms with Crippen molar-refractivity contribution < 1.29 is 14.0 Å². The Labute approximate surface area is 136 Å². The lowest BCUT2D eigenvalue weighted by atomic mass is 9.96. The van der Waals surface area contributed by atoms with E-state index >= 15 is 0 Å². The Balaban J connectivity index is 1.53. The Morgan fingerprint density at radius 2 is 2.00 bits per heavy atom. The summed E-state index contributed by atoms with van der Waals surface area (Å²) in [4.78, 5) is 26.3. The summed E-state index contributed by atoms with van der Waals surface area (Å²) in [5.74, 6) is 0.125. The van der Waals surface area contributed by atoms with Gasteiger partial charge in [0.2, 0.25) is 11.8 Å². The van der Waals surface area contributed by atoms with E-state index < -0.39 is 0 Å². The van der Waals surface area contributed by atoms with Gasteiger partial charge in [-0.3, -0.25) is 9.59 Å². The summed E-state index contributed by atoms with van der Waals surface area (Å²) in [6, 6.07) is 6.35. The molecule has 0 radical (unpaired) electrons. The van der Waals surface area contributed by atoms with Crippen LogP contribution in [0.15, 0.2) is 24.3 Å². The third kappa shape index (κ3) is 4.30. The summed E-state index contributed by atoms with van der Waals surface area (Å²) >= 11 is 0. The molecule has 2 aliphatic rings. The summed E-state index contributed by atoms with van der Waals surface area (Å²) in [5, 5.41) is 3.00. The Morgan fingerprint density at radius 1 is 1.22 bits per heavy atom. The van der Waals surface area contributed by atoms with E-state index in [0.717, 1.165) is 19.4 Å². The van der Waals surface area contributed by atoms with Crippen LogP contribution in [0.5, 0.6) is 0 Å². The first-order valence-electron chi connectivity index (χ1n) is 8.42. The van der Waals surface area contributed by atoms with Gasteiger partial charge in [0.05, 0.1) is 12.3 Å². The van der Waals surface area contributed by atoms with Gasteiger partial charge in [0.25, 0.3) is 0 Å². The van der Waals surface area contributed by atoms with Crippen molar-refractivity contribution in [3.8, 4) is 0 Å². The number of amides is 2. The van der Waals surface area contributed by atoms with Gasteiger partial charge in [0.15, 0.2) is 0 Å². The number of benzene rings is 1. The topological polar surface area (TPSA) is 49.4 Å². The third-order valence-corrected chi connectivity index (χ3v) is 4.71. The first kappa shape index (κ1) is 16.0. The lowest BCUT2D eigenvalue weighted by Gasteiger charge is -2.32. The highest BCUT2D eigenvalue weighted by Crippen LogP contribution is 2.28. The van der Waals surface area contributed by atoms with Crippen LogP contribution in [0.25, 0.3) is 0 Å². The summed E-state index contributed by atoms with van der Waals surface area (Å²) in [6.07, 6.45) is 4.12. The Bertz CT molecular complexity index is 586. The van der Waals surface area contributed by atoms with Crippen molar-refractivity contribution in [2.45, 2.75) is 32.1 Å². The van der Waals surface area contributed by atoms with Crippen molar-refractivity contribution >= 4 is 11.8 Å². The Morgan fingerprint density at radius 3 is 2.74 bits per heavy atom. The molecule has 1 aliphatic carbocycles. The van der Waals surface area contributed by atoms with Crippen LogP contribution in [-0.2, 0) is 16.0 Å². The highest BCUT2D eigenvalue weighted by atomic mass is 19.1. The number of halogens is 1. The number of carbonyl (C=O) groups is 2. The SMILES string of the molecule is O=C(NCC1CC1)C1CCCN(C(=O)Cc2ccccc2F)C1. The molecule has 1 saturated heterocycles. The minimum Gasteiger partial charge on any atom is -0.356 e. The molecule has 1 saturated carbocycles. The molecule has 0 spiro atoms. The highest BCUT2D eigenvalue weighted by molar-refractivity contribution is 5.82. The molecule has 2 fully saturated rings. The molecule has 1 atom stereocenters. The fraction of sp³-hybridized carbons (Fsp3) is 0.556. The highest BCUT2D eigenvalue weighted by Gasteiger charge is 2.30. The van der Waals surface area contributed by atoms with Crippen molar-refractivity contribution in [3.05, 3.63) is 35.6 Å². The number of likely N-dealkylation sites (tertiary alicyclic amines) is 1. The molecular formula is C18H23FN2O2. The van der Waals surface area contributed by atoms with Crippen LogP contribution in [0.3, 0.4) is 0 Å². The molecule has 5 heteroatoms. The molecule has 0 bridgehead atoms. The van der Waals surface area contributed by atoms with Crippen LogP contribution >= 0.6 is 0 Å². The van der Waals surface area contributed by atoms with E-state index in [-0.39, 0.29) is 30.0 Å².